The van der Waals surface area contributed by atoms with Gasteiger partial charge in [0.1, 0.15) is 5.25 Å². The number of carbonyl (C=O) groups excluding carboxylic acids is 2. The molecule has 0 unspecified atom stereocenters. The summed E-state index contributed by atoms with van der Waals surface area (Å²) < 4.78 is 7.40. The number of benzene rings is 2. The van der Waals surface area contributed by atoms with Crippen molar-refractivity contribution < 1.29 is 14.0 Å². The Hall–Kier alpha value is -3.65. The lowest BCUT2D eigenvalue weighted by Gasteiger charge is -2.17. The molecule has 1 N–H and O–H groups in total. The van der Waals surface area contributed by atoms with Gasteiger partial charge in [-0.1, -0.05) is 54.2 Å². The van der Waals surface area contributed by atoms with Crippen LogP contribution in [0.15, 0.2) is 82.6 Å². The molecule has 0 aliphatic rings. The molecule has 2 heterocycles. The normalized spacial score (nSPS) is 11.8. The Labute approximate surface area is 189 Å². The number of carbonyl (C=O) groups is 2. The van der Waals surface area contributed by atoms with Crippen LogP contribution in [-0.4, -0.2) is 26.5 Å². The van der Waals surface area contributed by atoms with E-state index >= 15 is 0 Å². The number of Topliss-reactive ketones (excluding diaryl/α,β-unsaturated/α-hetero) is 1. The third-order valence-electron chi connectivity index (χ3n) is 4.87. The molecule has 4 aromatic rings. The molecule has 0 bridgehead atoms. The lowest BCUT2D eigenvalue weighted by molar-refractivity contribution is -0.115. The van der Waals surface area contributed by atoms with Crippen molar-refractivity contribution in [3.63, 3.8) is 0 Å². The number of rotatable bonds is 8. The Kier molecular flexibility index (Phi) is 6.51. The van der Waals surface area contributed by atoms with Crippen LogP contribution < -0.4 is 5.32 Å². The van der Waals surface area contributed by atoms with Gasteiger partial charge < -0.3 is 9.73 Å². The molecule has 0 saturated heterocycles. The van der Waals surface area contributed by atoms with Crippen LogP contribution in [-0.2, 0) is 11.3 Å². The van der Waals surface area contributed by atoms with E-state index in [4.69, 9.17) is 4.42 Å². The second-order valence-corrected chi connectivity index (χ2v) is 8.13. The molecule has 7 nitrogen and oxygen atoms in total. The zero-order chi connectivity index (χ0) is 22.5. The third-order valence-corrected chi connectivity index (χ3v) is 6.11. The quantitative estimate of drug-likeness (QED) is 0.294. The predicted octanol–water partition coefficient (Wildman–Crippen LogP) is 5.23. The van der Waals surface area contributed by atoms with E-state index in [1.165, 1.54) is 18.7 Å². The first kappa shape index (κ1) is 21.6. The monoisotopic (exact) mass is 446 g/mol. The fourth-order valence-corrected chi connectivity index (χ4v) is 4.38. The number of hydrogen-bond acceptors (Lipinski definition) is 6. The molecule has 2 aromatic carbocycles. The first-order valence-corrected chi connectivity index (χ1v) is 11.1. The van der Waals surface area contributed by atoms with E-state index < -0.39 is 5.25 Å². The van der Waals surface area contributed by atoms with Gasteiger partial charge in [-0.2, -0.15) is 0 Å². The van der Waals surface area contributed by atoms with Crippen molar-refractivity contribution in [2.45, 2.75) is 30.8 Å². The van der Waals surface area contributed by atoms with Crippen LogP contribution in [0.3, 0.4) is 0 Å². The maximum Gasteiger partial charge on any atom is 0.242 e. The largest absolute Gasteiger partial charge is 0.461 e. The summed E-state index contributed by atoms with van der Waals surface area (Å²) >= 11 is 1.32. The van der Waals surface area contributed by atoms with Gasteiger partial charge >= 0.3 is 0 Å². The molecule has 1 amide bonds. The van der Waals surface area contributed by atoms with Crippen LogP contribution in [0.1, 0.15) is 35.0 Å². The molecule has 1 atom stereocenters. The Morgan fingerprint density at radius 3 is 2.56 bits per heavy atom. The molecule has 32 heavy (non-hydrogen) atoms. The smallest absolute Gasteiger partial charge is 0.242 e. The van der Waals surface area contributed by atoms with Gasteiger partial charge in [0.15, 0.2) is 22.5 Å². The molecule has 162 valence electrons. The van der Waals surface area contributed by atoms with Gasteiger partial charge in [0.2, 0.25) is 5.91 Å². The van der Waals surface area contributed by atoms with E-state index in [-0.39, 0.29) is 11.7 Å². The van der Waals surface area contributed by atoms with Crippen LogP contribution in [0.2, 0.25) is 0 Å². The summed E-state index contributed by atoms with van der Waals surface area (Å²) in [6.07, 6.45) is 1.59. The van der Waals surface area contributed by atoms with E-state index in [1.807, 2.05) is 47.9 Å². The number of thioether (sulfide) groups is 1. The van der Waals surface area contributed by atoms with Gasteiger partial charge in [0.05, 0.1) is 6.26 Å². The molecule has 0 saturated carbocycles. The Balaban J connectivity index is 1.65. The Morgan fingerprint density at radius 2 is 1.88 bits per heavy atom. The zero-order valence-corrected chi connectivity index (χ0v) is 18.5. The molecule has 0 aliphatic heterocycles. The average molecular weight is 447 g/mol. The van der Waals surface area contributed by atoms with Gasteiger partial charge in [-0.25, -0.2) is 0 Å². The van der Waals surface area contributed by atoms with Crippen molar-refractivity contribution in [1.29, 1.82) is 0 Å². The number of aromatic nitrogens is 3. The highest BCUT2D eigenvalue weighted by Crippen LogP contribution is 2.37. The van der Waals surface area contributed by atoms with Crippen molar-refractivity contribution in [2.24, 2.45) is 0 Å². The van der Waals surface area contributed by atoms with Crippen molar-refractivity contribution >= 4 is 29.1 Å². The summed E-state index contributed by atoms with van der Waals surface area (Å²) in [5.41, 5.74) is 1.95. The van der Waals surface area contributed by atoms with Gasteiger partial charge in [-0.05, 0) is 43.7 Å². The molecule has 2 aromatic heterocycles. The topological polar surface area (TPSA) is 90.0 Å². The lowest BCUT2D eigenvalue weighted by atomic mass is 10.1. The molecule has 8 heteroatoms. The van der Waals surface area contributed by atoms with E-state index in [2.05, 4.69) is 15.5 Å². The average Bonchev–Trinajstić information content (AvgIpc) is 3.47. The number of hydrogen-bond donors (Lipinski definition) is 1. The first-order valence-electron chi connectivity index (χ1n) is 10.2. The summed E-state index contributed by atoms with van der Waals surface area (Å²) in [4.78, 5) is 25.0. The molecule has 0 aliphatic carbocycles. The SMILES string of the molecule is CCn1c(S[C@@H](C(=O)Nc2cccc(C(C)=O)c2)c2ccccc2)nnc1-c1ccco1. The Morgan fingerprint density at radius 1 is 1.06 bits per heavy atom. The molecule has 0 fully saturated rings. The second-order valence-electron chi connectivity index (χ2n) is 7.06. The van der Waals surface area contributed by atoms with Gasteiger partial charge in [0, 0.05) is 17.8 Å². The van der Waals surface area contributed by atoms with Crippen molar-refractivity contribution in [2.75, 3.05) is 5.32 Å². The van der Waals surface area contributed by atoms with Crippen LogP contribution in [0, 0.1) is 0 Å². The standard InChI is InChI=1S/C24H22N4O3S/c1-3-28-22(20-13-8-14-31-20)26-27-24(28)32-21(17-9-5-4-6-10-17)23(30)25-19-12-7-11-18(15-19)16(2)29/h4-15,21H,3H2,1-2H3,(H,25,30)/t21-/m1/s1. The maximum absolute atomic E-state index is 13.3. The summed E-state index contributed by atoms with van der Waals surface area (Å²) in [5, 5.41) is 11.6. The number of nitrogens with one attached hydrogen (secondary N) is 1. The number of amides is 1. The van der Waals surface area contributed by atoms with E-state index in [0.717, 1.165) is 5.56 Å². The number of ketones is 1. The zero-order valence-electron chi connectivity index (χ0n) is 17.7. The van der Waals surface area contributed by atoms with Crippen LogP contribution in [0.4, 0.5) is 5.69 Å². The van der Waals surface area contributed by atoms with Crippen molar-refractivity contribution in [1.82, 2.24) is 14.8 Å². The number of nitrogens with zero attached hydrogens (tertiary/aromatic N) is 3. The minimum absolute atomic E-state index is 0.0587. The summed E-state index contributed by atoms with van der Waals surface area (Å²) in [6, 6.07) is 20.0. The van der Waals surface area contributed by atoms with Gasteiger partial charge in [0.25, 0.3) is 0 Å². The van der Waals surface area contributed by atoms with E-state index in [9.17, 15) is 9.59 Å². The molecule has 4 rings (SSSR count). The summed E-state index contributed by atoms with van der Waals surface area (Å²) in [5.74, 6) is 0.957. The van der Waals surface area contributed by atoms with E-state index in [0.29, 0.717) is 34.5 Å². The fourth-order valence-electron chi connectivity index (χ4n) is 3.28. The number of anilines is 1. The highest BCUT2D eigenvalue weighted by atomic mass is 32.2. The molecular formula is C24H22N4O3S. The molecular weight excluding hydrogens is 424 g/mol. The second kappa shape index (κ2) is 9.65. The fraction of sp³-hybridized carbons (Fsp3) is 0.167. The van der Waals surface area contributed by atoms with E-state index in [1.54, 1.807) is 36.6 Å². The third kappa shape index (κ3) is 4.65. The van der Waals surface area contributed by atoms with Gasteiger partial charge in [-0.3, -0.25) is 14.2 Å². The Bertz CT molecular complexity index is 1220. The maximum atomic E-state index is 13.3. The first-order chi connectivity index (χ1) is 15.6. The minimum atomic E-state index is -0.573. The highest BCUT2D eigenvalue weighted by molar-refractivity contribution is 8.00. The molecule has 0 radical (unpaired) electrons. The number of furan rings is 1. The predicted molar refractivity (Wildman–Crippen MR) is 124 cm³/mol. The van der Waals surface area contributed by atoms with Gasteiger partial charge in [-0.15, -0.1) is 10.2 Å². The summed E-state index contributed by atoms with van der Waals surface area (Å²) in [7, 11) is 0. The summed E-state index contributed by atoms with van der Waals surface area (Å²) in [6.45, 7) is 4.11. The van der Waals surface area contributed by atoms with Crippen LogP contribution in [0.5, 0.6) is 0 Å². The van der Waals surface area contributed by atoms with Crippen LogP contribution in [0.25, 0.3) is 11.6 Å². The minimum Gasteiger partial charge on any atom is -0.461 e. The van der Waals surface area contributed by atoms with Crippen molar-refractivity contribution in [3.8, 4) is 11.6 Å². The van der Waals surface area contributed by atoms with Crippen LogP contribution >= 0.6 is 11.8 Å². The lowest BCUT2D eigenvalue weighted by Crippen LogP contribution is -2.19. The molecule has 0 spiro atoms. The highest BCUT2D eigenvalue weighted by Gasteiger charge is 2.26. The van der Waals surface area contributed by atoms with Crippen molar-refractivity contribution in [3.05, 3.63) is 84.1 Å².